The molecule has 0 aliphatic carbocycles. The molecule has 0 atom stereocenters. The predicted molar refractivity (Wildman–Crippen MR) is 95.4 cm³/mol. The van der Waals surface area contributed by atoms with Crippen LogP contribution in [0.4, 0.5) is 0 Å². The molecule has 0 saturated carbocycles. The molecule has 0 aliphatic heterocycles. The molecule has 0 spiro atoms. The summed E-state index contributed by atoms with van der Waals surface area (Å²) in [5, 5.41) is 11.5. The summed E-state index contributed by atoms with van der Waals surface area (Å²) in [5.41, 5.74) is 1.73. The van der Waals surface area contributed by atoms with Gasteiger partial charge in [0.15, 0.2) is 5.82 Å². The van der Waals surface area contributed by atoms with Crippen molar-refractivity contribution in [2.45, 2.75) is 0 Å². The van der Waals surface area contributed by atoms with E-state index in [0.29, 0.717) is 10.6 Å². The third-order valence-corrected chi connectivity index (χ3v) is 3.71. The van der Waals surface area contributed by atoms with Crippen LogP contribution in [0.25, 0.3) is 11.4 Å². The molecule has 0 unspecified atom stereocenters. The maximum Gasteiger partial charge on any atom is 0.216 e. The van der Waals surface area contributed by atoms with Gasteiger partial charge in [0.1, 0.15) is 11.5 Å². The van der Waals surface area contributed by atoms with Gasteiger partial charge in [-0.3, -0.25) is 0 Å². The Morgan fingerprint density at radius 2 is 1.83 bits per heavy atom. The fraction of sp³-hybridized carbons (Fsp3) is 0.118. The Labute approximate surface area is 144 Å². The van der Waals surface area contributed by atoms with Crippen LogP contribution >= 0.6 is 12.2 Å². The van der Waals surface area contributed by atoms with Crippen LogP contribution in [0.5, 0.6) is 11.5 Å². The van der Waals surface area contributed by atoms with Crippen molar-refractivity contribution >= 4 is 18.4 Å². The van der Waals surface area contributed by atoms with Crippen molar-refractivity contribution in [2.75, 3.05) is 14.2 Å². The first-order valence-corrected chi connectivity index (χ1v) is 7.63. The van der Waals surface area contributed by atoms with Crippen LogP contribution < -0.4 is 9.47 Å². The number of para-hydroxylation sites is 1. The molecule has 0 aliphatic rings. The summed E-state index contributed by atoms with van der Waals surface area (Å²) in [5.74, 6) is 2.13. The summed E-state index contributed by atoms with van der Waals surface area (Å²) in [7, 11) is 3.25. The quantitative estimate of drug-likeness (QED) is 0.570. The molecule has 122 valence electrons. The first-order valence-electron chi connectivity index (χ1n) is 7.22. The lowest BCUT2D eigenvalue weighted by Gasteiger charge is -2.04. The third kappa shape index (κ3) is 3.21. The molecule has 0 fully saturated rings. The maximum atomic E-state index is 5.32. The summed E-state index contributed by atoms with van der Waals surface area (Å²) in [6, 6.07) is 15.1. The molecule has 1 aromatic heterocycles. The van der Waals surface area contributed by atoms with Gasteiger partial charge >= 0.3 is 0 Å². The zero-order valence-electron chi connectivity index (χ0n) is 13.3. The topological polar surface area (TPSA) is 64.4 Å². The van der Waals surface area contributed by atoms with Gasteiger partial charge in [-0.1, -0.05) is 12.1 Å². The number of H-pyrrole nitrogens is 1. The maximum absolute atomic E-state index is 5.32. The highest BCUT2D eigenvalue weighted by molar-refractivity contribution is 7.71. The smallest absolute Gasteiger partial charge is 0.216 e. The van der Waals surface area contributed by atoms with Crippen LogP contribution in [0.15, 0.2) is 53.6 Å². The molecule has 6 nitrogen and oxygen atoms in total. The average molecular weight is 340 g/mol. The van der Waals surface area contributed by atoms with E-state index in [1.807, 2.05) is 48.5 Å². The predicted octanol–water partition coefficient (Wildman–Crippen LogP) is 3.51. The van der Waals surface area contributed by atoms with E-state index in [1.165, 1.54) is 0 Å². The van der Waals surface area contributed by atoms with Crippen molar-refractivity contribution in [3.8, 4) is 22.9 Å². The number of hydrogen-bond acceptors (Lipinski definition) is 5. The molecule has 1 N–H and O–H groups in total. The van der Waals surface area contributed by atoms with Crippen molar-refractivity contribution < 1.29 is 9.47 Å². The highest BCUT2D eigenvalue weighted by Gasteiger charge is 2.08. The molecule has 7 heteroatoms. The van der Waals surface area contributed by atoms with Gasteiger partial charge in [-0.15, -0.1) is 0 Å². The van der Waals surface area contributed by atoms with Crippen molar-refractivity contribution in [3.05, 3.63) is 58.9 Å². The van der Waals surface area contributed by atoms with E-state index < -0.39 is 0 Å². The number of aromatic nitrogens is 3. The van der Waals surface area contributed by atoms with Crippen molar-refractivity contribution in [1.82, 2.24) is 14.9 Å². The average Bonchev–Trinajstić information content (AvgIpc) is 3.01. The van der Waals surface area contributed by atoms with E-state index in [0.717, 1.165) is 22.6 Å². The van der Waals surface area contributed by atoms with Crippen molar-refractivity contribution in [3.63, 3.8) is 0 Å². The van der Waals surface area contributed by atoms with Gasteiger partial charge in [0, 0.05) is 11.1 Å². The second kappa shape index (κ2) is 7.10. The van der Waals surface area contributed by atoms with E-state index in [1.54, 1.807) is 25.1 Å². The van der Waals surface area contributed by atoms with E-state index in [-0.39, 0.29) is 0 Å². The molecule has 0 amide bonds. The van der Waals surface area contributed by atoms with E-state index >= 15 is 0 Å². The van der Waals surface area contributed by atoms with Gasteiger partial charge in [0.25, 0.3) is 0 Å². The van der Waals surface area contributed by atoms with Gasteiger partial charge in [-0.2, -0.15) is 14.9 Å². The minimum Gasteiger partial charge on any atom is -0.497 e. The molecule has 3 aromatic rings. The molecular formula is C17H16N4O2S. The van der Waals surface area contributed by atoms with Crippen LogP contribution in [0, 0.1) is 4.77 Å². The van der Waals surface area contributed by atoms with Crippen molar-refractivity contribution in [1.29, 1.82) is 0 Å². The number of rotatable bonds is 5. The molecule has 0 radical (unpaired) electrons. The van der Waals surface area contributed by atoms with Crippen LogP contribution in [-0.2, 0) is 0 Å². The molecular weight excluding hydrogens is 324 g/mol. The standard InChI is InChI=1S/C17H16N4O2S/c1-22-14-9-7-12(8-10-14)16-19-20-17(24)21(16)18-11-13-5-3-4-6-15(13)23-2/h3-11H,1-2H3,(H,20,24)/b18-11-. The highest BCUT2D eigenvalue weighted by atomic mass is 32.1. The van der Waals surface area contributed by atoms with Gasteiger partial charge in [0.05, 0.1) is 20.4 Å². The van der Waals surface area contributed by atoms with Crippen molar-refractivity contribution in [2.24, 2.45) is 5.10 Å². The Hall–Kier alpha value is -2.93. The summed E-state index contributed by atoms with van der Waals surface area (Å²) >= 11 is 5.27. The summed E-state index contributed by atoms with van der Waals surface area (Å²) < 4.78 is 12.5. The zero-order valence-corrected chi connectivity index (χ0v) is 14.1. The van der Waals surface area contributed by atoms with E-state index in [2.05, 4.69) is 15.3 Å². The summed E-state index contributed by atoms with van der Waals surface area (Å²) in [6.45, 7) is 0. The van der Waals surface area contributed by atoms with E-state index in [9.17, 15) is 0 Å². The SMILES string of the molecule is COc1ccc(-c2n[nH]c(=S)n2/N=C\c2ccccc2OC)cc1. The molecule has 24 heavy (non-hydrogen) atoms. The summed E-state index contributed by atoms with van der Waals surface area (Å²) in [4.78, 5) is 0. The fourth-order valence-electron chi connectivity index (χ4n) is 2.22. The lowest BCUT2D eigenvalue weighted by molar-refractivity contribution is 0.414. The number of hydrogen-bond donors (Lipinski definition) is 1. The largest absolute Gasteiger partial charge is 0.497 e. The number of nitrogens with zero attached hydrogens (tertiary/aromatic N) is 3. The first-order chi connectivity index (χ1) is 11.7. The van der Waals surface area contributed by atoms with E-state index in [4.69, 9.17) is 21.7 Å². The fourth-order valence-corrected chi connectivity index (χ4v) is 2.40. The lowest BCUT2D eigenvalue weighted by Crippen LogP contribution is -1.96. The first kappa shape index (κ1) is 15.9. The molecule has 0 bridgehead atoms. The summed E-state index contributed by atoms with van der Waals surface area (Å²) in [6.07, 6.45) is 1.69. The molecule has 1 heterocycles. The number of benzene rings is 2. The Morgan fingerprint density at radius 3 is 2.54 bits per heavy atom. The molecule has 3 rings (SSSR count). The van der Waals surface area contributed by atoms with Crippen LogP contribution in [0.2, 0.25) is 0 Å². The minimum atomic E-state index is 0.409. The van der Waals surface area contributed by atoms with Gasteiger partial charge < -0.3 is 9.47 Å². The van der Waals surface area contributed by atoms with Crippen LogP contribution in [0.1, 0.15) is 5.56 Å². The Kier molecular flexibility index (Phi) is 4.72. The second-order valence-electron chi connectivity index (χ2n) is 4.88. The Balaban J connectivity index is 1.98. The monoisotopic (exact) mass is 340 g/mol. The van der Waals surface area contributed by atoms with Gasteiger partial charge in [-0.25, -0.2) is 5.10 Å². The third-order valence-electron chi connectivity index (χ3n) is 3.45. The van der Waals surface area contributed by atoms with Gasteiger partial charge in [-0.05, 0) is 48.6 Å². The lowest BCUT2D eigenvalue weighted by atomic mass is 10.2. The van der Waals surface area contributed by atoms with Crippen LogP contribution in [0.3, 0.4) is 0 Å². The Morgan fingerprint density at radius 1 is 1.08 bits per heavy atom. The van der Waals surface area contributed by atoms with Crippen LogP contribution in [-0.4, -0.2) is 35.3 Å². The number of methoxy groups -OCH3 is 2. The number of nitrogens with one attached hydrogen (secondary N) is 1. The molecule has 0 saturated heterocycles. The Bertz CT molecular complexity index is 913. The number of ether oxygens (including phenoxy) is 2. The number of aromatic amines is 1. The molecule has 2 aromatic carbocycles. The highest BCUT2D eigenvalue weighted by Crippen LogP contribution is 2.21. The second-order valence-corrected chi connectivity index (χ2v) is 5.27. The van der Waals surface area contributed by atoms with Gasteiger partial charge in [0.2, 0.25) is 4.77 Å². The zero-order chi connectivity index (χ0) is 16.9. The minimum absolute atomic E-state index is 0.409. The normalized spacial score (nSPS) is 10.9.